The van der Waals surface area contributed by atoms with Crippen molar-refractivity contribution in [2.24, 2.45) is 0 Å². The minimum atomic E-state index is -0.135. The van der Waals surface area contributed by atoms with Gasteiger partial charge in [-0.25, -0.2) is 4.79 Å². The van der Waals surface area contributed by atoms with Crippen LogP contribution in [0.15, 0.2) is 24.3 Å². The maximum Gasteiger partial charge on any atom is 0.315 e. The number of carbonyl (C=O) groups is 1. The van der Waals surface area contributed by atoms with Crippen LogP contribution in [0.2, 0.25) is 0 Å². The van der Waals surface area contributed by atoms with Gasteiger partial charge in [-0.05, 0) is 38.0 Å². The SMILES string of the molecule is CC[C@@H](NC(=O)NCC(C)(C)N1CCOCC1)c1ccc(OC)cc1. The summed E-state index contributed by atoms with van der Waals surface area (Å²) in [6.07, 6.45) is 0.826. The highest BCUT2D eigenvalue weighted by Crippen LogP contribution is 2.20. The van der Waals surface area contributed by atoms with Crippen molar-refractivity contribution in [1.29, 1.82) is 0 Å². The third kappa shape index (κ3) is 5.61. The Balaban J connectivity index is 1.86. The number of benzene rings is 1. The minimum absolute atomic E-state index is 0.0163. The summed E-state index contributed by atoms with van der Waals surface area (Å²) in [5.41, 5.74) is 0.981. The number of nitrogens with one attached hydrogen (secondary N) is 2. The van der Waals surface area contributed by atoms with E-state index >= 15 is 0 Å². The van der Waals surface area contributed by atoms with Crippen LogP contribution in [0.4, 0.5) is 4.79 Å². The zero-order chi connectivity index (χ0) is 18.3. The first-order chi connectivity index (χ1) is 12.0. The molecule has 1 aliphatic rings. The number of urea groups is 1. The molecule has 25 heavy (non-hydrogen) atoms. The van der Waals surface area contributed by atoms with Gasteiger partial charge in [-0.2, -0.15) is 0 Å². The number of nitrogens with zero attached hydrogens (tertiary/aromatic N) is 1. The van der Waals surface area contributed by atoms with Gasteiger partial charge >= 0.3 is 6.03 Å². The zero-order valence-electron chi connectivity index (χ0n) is 15.8. The normalized spacial score (nSPS) is 17.0. The highest BCUT2D eigenvalue weighted by molar-refractivity contribution is 5.74. The average Bonchev–Trinajstić information content (AvgIpc) is 2.65. The van der Waals surface area contributed by atoms with Gasteiger partial charge in [-0.1, -0.05) is 19.1 Å². The third-order valence-electron chi connectivity index (χ3n) is 4.78. The lowest BCUT2D eigenvalue weighted by atomic mass is 10.0. The Morgan fingerprint density at radius 2 is 1.92 bits per heavy atom. The maximum absolute atomic E-state index is 12.3. The standard InChI is InChI=1S/C19H31N3O3/c1-5-17(15-6-8-16(24-4)9-7-15)21-18(23)20-14-19(2,3)22-10-12-25-13-11-22/h6-9,17H,5,10-14H2,1-4H3,(H2,20,21,23)/t17-/m1/s1. The molecule has 1 heterocycles. The van der Waals surface area contributed by atoms with Crippen molar-refractivity contribution >= 4 is 6.03 Å². The van der Waals surface area contributed by atoms with E-state index in [2.05, 4.69) is 36.3 Å². The summed E-state index contributed by atoms with van der Waals surface area (Å²) < 4.78 is 10.6. The highest BCUT2D eigenvalue weighted by atomic mass is 16.5. The predicted molar refractivity (Wildman–Crippen MR) is 99.0 cm³/mol. The summed E-state index contributed by atoms with van der Waals surface area (Å²) in [5, 5.41) is 6.08. The van der Waals surface area contributed by atoms with Gasteiger partial charge in [0.1, 0.15) is 5.75 Å². The number of amides is 2. The van der Waals surface area contributed by atoms with Crippen molar-refractivity contribution < 1.29 is 14.3 Å². The minimum Gasteiger partial charge on any atom is -0.497 e. The lowest BCUT2D eigenvalue weighted by molar-refractivity contribution is -0.00876. The Kier molecular flexibility index (Phi) is 7.08. The highest BCUT2D eigenvalue weighted by Gasteiger charge is 2.28. The fraction of sp³-hybridized carbons (Fsp3) is 0.632. The second-order valence-corrected chi connectivity index (χ2v) is 6.97. The van der Waals surface area contributed by atoms with E-state index < -0.39 is 0 Å². The van der Waals surface area contributed by atoms with Gasteiger partial charge in [-0.15, -0.1) is 0 Å². The van der Waals surface area contributed by atoms with Crippen molar-refractivity contribution in [3.63, 3.8) is 0 Å². The molecule has 0 saturated carbocycles. The van der Waals surface area contributed by atoms with Gasteiger partial charge in [-0.3, -0.25) is 4.90 Å². The Labute approximate surface area is 150 Å². The Hall–Kier alpha value is -1.79. The first-order valence-corrected chi connectivity index (χ1v) is 8.97. The molecule has 0 radical (unpaired) electrons. The molecule has 1 aromatic rings. The predicted octanol–water partition coefficient (Wildman–Crippen LogP) is 2.56. The summed E-state index contributed by atoms with van der Waals surface area (Å²) in [6.45, 7) is 10.3. The molecule has 2 N–H and O–H groups in total. The molecule has 2 amide bonds. The Morgan fingerprint density at radius 3 is 2.48 bits per heavy atom. The third-order valence-corrected chi connectivity index (χ3v) is 4.78. The van der Waals surface area contributed by atoms with E-state index in [0.717, 1.165) is 44.0 Å². The molecule has 1 aromatic carbocycles. The van der Waals surface area contributed by atoms with Crippen molar-refractivity contribution in [3.05, 3.63) is 29.8 Å². The van der Waals surface area contributed by atoms with E-state index in [1.165, 1.54) is 0 Å². The van der Waals surface area contributed by atoms with Crippen LogP contribution in [0, 0.1) is 0 Å². The lowest BCUT2D eigenvalue weighted by Crippen LogP contribution is -2.56. The van der Waals surface area contributed by atoms with Crippen LogP contribution >= 0.6 is 0 Å². The van der Waals surface area contributed by atoms with Gasteiger partial charge in [0.15, 0.2) is 0 Å². The molecule has 0 aromatic heterocycles. The summed E-state index contributed by atoms with van der Waals surface area (Å²) in [6, 6.07) is 7.66. The molecule has 1 atom stereocenters. The monoisotopic (exact) mass is 349 g/mol. The summed E-state index contributed by atoms with van der Waals surface area (Å²) in [5.74, 6) is 0.815. The van der Waals surface area contributed by atoms with E-state index in [1.807, 2.05) is 24.3 Å². The van der Waals surface area contributed by atoms with Crippen LogP contribution in [0.25, 0.3) is 0 Å². The number of rotatable bonds is 7. The Bertz CT molecular complexity index is 539. The molecule has 0 spiro atoms. The second kappa shape index (κ2) is 9.06. The van der Waals surface area contributed by atoms with E-state index in [0.29, 0.717) is 6.54 Å². The van der Waals surface area contributed by atoms with Gasteiger partial charge in [0, 0.05) is 25.2 Å². The van der Waals surface area contributed by atoms with Gasteiger partial charge in [0.25, 0.3) is 0 Å². The molecular weight excluding hydrogens is 318 g/mol. The van der Waals surface area contributed by atoms with Crippen LogP contribution in [-0.4, -0.2) is 56.4 Å². The van der Waals surface area contributed by atoms with Crippen molar-refractivity contribution in [3.8, 4) is 5.75 Å². The number of hydrogen-bond acceptors (Lipinski definition) is 4. The number of morpholine rings is 1. The van der Waals surface area contributed by atoms with Crippen LogP contribution in [0.3, 0.4) is 0 Å². The van der Waals surface area contributed by atoms with Gasteiger partial charge in [0.05, 0.1) is 26.4 Å². The zero-order valence-corrected chi connectivity index (χ0v) is 15.8. The molecule has 140 valence electrons. The Morgan fingerprint density at radius 1 is 1.28 bits per heavy atom. The molecule has 2 rings (SSSR count). The molecule has 0 aliphatic carbocycles. The van der Waals surface area contributed by atoms with E-state index in [1.54, 1.807) is 7.11 Å². The number of methoxy groups -OCH3 is 1. The number of hydrogen-bond donors (Lipinski definition) is 2. The first kappa shape index (κ1) is 19.5. The second-order valence-electron chi connectivity index (χ2n) is 6.97. The van der Waals surface area contributed by atoms with Gasteiger partial charge in [0.2, 0.25) is 0 Å². The molecule has 6 nitrogen and oxygen atoms in total. The van der Waals surface area contributed by atoms with Crippen molar-refractivity contribution in [2.75, 3.05) is 40.0 Å². The van der Waals surface area contributed by atoms with Crippen LogP contribution in [-0.2, 0) is 4.74 Å². The average molecular weight is 349 g/mol. The number of carbonyl (C=O) groups excluding carboxylic acids is 1. The molecule has 0 unspecified atom stereocenters. The molecular formula is C19H31N3O3. The van der Waals surface area contributed by atoms with Crippen molar-refractivity contribution in [2.45, 2.75) is 38.8 Å². The quantitative estimate of drug-likeness (QED) is 0.794. The largest absolute Gasteiger partial charge is 0.497 e. The molecule has 6 heteroatoms. The van der Waals surface area contributed by atoms with E-state index in [-0.39, 0.29) is 17.6 Å². The smallest absolute Gasteiger partial charge is 0.315 e. The van der Waals surface area contributed by atoms with E-state index in [9.17, 15) is 4.79 Å². The first-order valence-electron chi connectivity index (χ1n) is 8.97. The number of ether oxygens (including phenoxy) is 2. The molecule has 1 saturated heterocycles. The lowest BCUT2D eigenvalue weighted by Gasteiger charge is -2.40. The van der Waals surface area contributed by atoms with Crippen LogP contribution in [0.1, 0.15) is 38.8 Å². The molecule has 1 aliphatic heterocycles. The van der Waals surface area contributed by atoms with E-state index in [4.69, 9.17) is 9.47 Å². The molecule has 0 bridgehead atoms. The maximum atomic E-state index is 12.3. The van der Waals surface area contributed by atoms with Crippen molar-refractivity contribution in [1.82, 2.24) is 15.5 Å². The molecule has 1 fully saturated rings. The van der Waals surface area contributed by atoms with Gasteiger partial charge < -0.3 is 20.1 Å². The fourth-order valence-corrected chi connectivity index (χ4v) is 3.04. The fourth-order valence-electron chi connectivity index (χ4n) is 3.04. The summed E-state index contributed by atoms with van der Waals surface area (Å²) in [4.78, 5) is 14.7. The topological polar surface area (TPSA) is 62.8 Å². The van der Waals surface area contributed by atoms with Crippen LogP contribution in [0.5, 0.6) is 5.75 Å². The summed E-state index contributed by atoms with van der Waals surface area (Å²) in [7, 11) is 1.65. The van der Waals surface area contributed by atoms with Crippen LogP contribution < -0.4 is 15.4 Å². The summed E-state index contributed by atoms with van der Waals surface area (Å²) >= 11 is 0.